The monoisotopic (exact) mass is 146 g/mol. The number of nitrogens with one attached hydrogen (secondary N) is 1. The highest BCUT2D eigenvalue weighted by Crippen LogP contribution is 2.21. The van der Waals surface area contributed by atoms with Gasteiger partial charge in [-0.05, 0) is 13.8 Å². The third kappa shape index (κ3) is 1.91. The van der Waals surface area contributed by atoms with Crippen LogP contribution in [0.2, 0.25) is 0 Å². The van der Waals surface area contributed by atoms with Crippen molar-refractivity contribution in [3.63, 3.8) is 0 Å². The largest absolute Gasteiger partial charge is 0.348 e. The van der Waals surface area contributed by atoms with Crippen molar-refractivity contribution in [2.45, 2.75) is 25.7 Å². The predicted octanol–water partition coefficient (Wildman–Crippen LogP) is 0.352. The number of hydrogen-bond acceptors (Lipinski definition) is 3. The van der Waals surface area contributed by atoms with Gasteiger partial charge in [0.1, 0.15) is 6.10 Å². The first-order valence-corrected chi connectivity index (χ1v) is 3.24. The van der Waals surface area contributed by atoms with Crippen molar-refractivity contribution in [1.29, 1.82) is 0 Å². The third-order valence-electron chi connectivity index (χ3n) is 1.34. The van der Waals surface area contributed by atoms with E-state index in [0.29, 0.717) is 6.61 Å². The van der Waals surface area contributed by atoms with Gasteiger partial charge in [-0.2, -0.15) is 0 Å². The summed E-state index contributed by atoms with van der Waals surface area (Å²) in [5.41, 5.74) is 0. The molecule has 10 heavy (non-hydrogen) atoms. The second kappa shape index (κ2) is 2.84. The molecule has 0 aromatic rings. The van der Waals surface area contributed by atoms with Crippen molar-refractivity contribution in [2.24, 2.45) is 0 Å². The summed E-state index contributed by atoms with van der Waals surface area (Å²) < 4.78 is 10.5. The van der Waals surface area contributed by atoms with Gasteiger partial charge in [-0.1, -0.05) is 0 Å². The van der Waals surface area contributed by atoms with Crippen LogP contribution in [0.25, 0.3) is 0 Å². The van der Waals surface area contributed by atoms with Crippen LogP contribution in [-0.2, 0) is 14.3 Å². The molecule has 4 heteroatoms. The summed E-state index contributed by atoms with van der Waals surface area (Å²) in [7, 11) is 0. The van der Waals surface area contributed by atoms with Gasteiger partial charge in [0.15, 0.2) is 5.79 Å². The van der Waals surface area contributed by atoms with Crippen LogP contribution in [0.4, 0.5) is 0 Å². The summed E-state index contributed by atoms with van der Waals surface area (Å²) in [6, 6.07) is 0. The normalized spacial score (nSPS) is 30.9. The fourth-order valence-electron chi connectivity index (χ4n) is 0.938. The lowest BCUT2D eigenvalue weighted by Crippen LogP contribution is -2.23. The Morgan fingerprint density at radius 3 is 2.80 bits per heavy atom. The van der Waals surface area contributed by atoms with E-state index < -0.39 is 5.79 Å². The van der Waals surface area contributed by atoms with Crippen molar-refractivity contribution in [3.05, 3.63) is 0 Å². The minimum absolute atomic E-state index is 0.0764. The molecule has 59 valence electrons. The maximum Gasteiger partial charge on any atom is 0.163 e. The molecule has 0 amide bonds. The Morgan fingerprint density at radius 1 is 1.70 bits per heavy atom. The van der Waals surface area contributed by atoms with Gasteiger partial charge in [0.2, 0.25) is 0 Å². The molecule has 1 radical (unpaired) electrons. The van der Waals surface area contributed by atoms with Gasteiger partial charge in [-0.3, -0.25) is 4.84 Å². The standard InChI is InChI=1S/C6H12NO3/c1-6(2)8-3-5(10-6)4-9-7/h5,7H,3-4H2,1-2H3/t5-/m0/s1. The molecule has 0 spiro atoms. The molecular formula is C6H12NO3. The summed E-state index contributed by atoms with van der Waals surface area (Å²) in [5, 5.41) is 0. The fourth-order valence-corrected chi connectivity index (χ4v) is 0.938. The Morgan fingerprint density at radius 2 is 2.40 bits per heavy atom. The minimum atomic E-state index is -0.497. The van der Waals surface area contributed by atoms with Crippen LogP contribution in [-0.4, -0.2) is 25.1 Å². The van der Waals surface area contributed by atoms with Crippen LogP contribution in [0.1, 0.15) is 13.8 Å². The second-order valence-electron chi connectivity index (χ2n) is 2.76. The van der Waals surface area contributed by atoms with Crippen molar-refractivity contribution in [2.75, 3.05) is 13.2 Å². The van der Waals surface area contributed by atoms with Gasteiger partial charge in [0.05, 0.1) is 13.2 Å². The average molecular weight is 146 g/mol. The molecule has 1 atom stereocenters. The Kier molecular flexibility index (Phi) is 2.25. The van der Waals surface area contributed by atoms with Crippen LogP contribution in [0.15, 0.2) is 0 Å². The van der Waals surface area contributed by atoms with Gasteiger partial charge >= 0.3 is 0 Å². The maximum absolute atomic E-state index is 6.46. The average Bonchev–Trinajstić information content (AvgIpc) is 2.12. The molecule has 1 fully saturated rings. The van der Waals surface area contributed by atoms with Crippen LogP contribution in [0.5, 0.6) is 0 Å². The molecule has 1 heterocycles. The smallest absolute Gasteiger partial charge is 0.163 e. The molecule has 1 aliphatic heterocycles. The van der Waals surface area contributed by atoms with Crippen LogP contribution in [0.3, 0.4) is 0 Å². The van der Waals surface area contributed by atoms with Crippen LogP contribution >= 0.6 is 0 Å². The molecule has 1 N–H and O–H groups in total. The first-order chi connectivity index (χ1) is 4.64. The highest BCUT2D eigenvalue weighted by molar-refractivity contribution is 4.69. The van der Waals surface area contributed by atoms with Crippen molar-refractivity contribution in [1.82, 2.24) is 5.90 Å². The molecule has 1 saturated heterocycles. The molecule has 0 aromatic carbocycles. The van der Waals surface area contributed by atoms with E-state index in [2.05, 4.69) is 4.84 Å². The fraction of sp³-hybridized carbons (Fsp3) is 1.00. The molecule has 0 aliphatic carbocycles. The van der Waals surface area contributed by atoms with E-state index in [1.807, 2.05) is 13.8 Å². The number of rotatable bonds is 2. The SMILES string of the molecule is CC1(C)OC[C@@H](CO[NH])O1. The zero-order valence-corrected chi connectivity index (χ0v) is 6.22. The highest BCUT2D eigenvalue weighted by atomic mass is 16.8. The number of hydrogen-bond donors (Lipinski definition) is 0. The van der Waals surface area contributed by atoms with Gasteiger partial charge in [0.25, 0.3) is 0 Å². The summed E-state index contributed by atoms with van der Waals surface area (Å²) in [5.74, 6) is 5.96. The Bertz CT molecular complexity index is 116. The van der Waals surface area contributed by atoms with Gasteiger partial charge in [-0.15, -0.1) is 5.90 Å². The van der Waals surface area contributed by atoms with E-state index in [1.165, 1.54) is 0 Å². The highest BCUT2D eigenvalue weighted by Gasteiger charge is 2.32. The van der Waals surface area contributed by atoms with E-state index in [-0.39, 0.29) is 12.7 Å². The zero-order valence-electron chi connectivity index (χ0n) is 6.22. The summed E-state index contributed by atoms with van der Waals surface area (Å²) in [4.78, 5) is 4.16. The van der Waals surface area contributed by atoms with Crippen LogP contribution in [0, 0.1) is 0 Å². The molecule has 1 aliphatic rings. The van der Waals surface area contributed by atoms with Gasteiger partial charge in [0, 0.05) is 0 Å². The minimum Gasteiger partial charge on any atom is -0.348 e. The lowest BCUT2D eigenvalue weighted by Gasteiger charge is -2.16. The predicted molar refractivity (Wildman–Crippen MR) is 34.0 cm³/mol. The first kappa shape index (κ1) is 7.94. The van der Waals surface area contributed by atoms with Crippen molar-refractivity contribution >= 4 is 0 Å². The topological polar surface area (TPSA) is 51.5 Å². The van der Waals surface area contributed by atoms with E-state index >= 15 is 0 Å². The van der Waals surface area contributed by atoms with E-state index in [1.54, 1.807) is 0 Å². The molecule has 0 aromatic heterocycles. The Balaban J connectivity index is 2.29. The third-order valence-corrected chi connectivity index (χ3v) is 1.34. The van der Waals surface area contributed by atoms with E-state index in [0.717, 1.165) is 0 Å². The van der Waals surface area contributed by atoms with Crippen LogP contribution < -0.4 is 5.90 Å². The Hall–Kier alpha value is -0.160. The quantitative estimate of drug-likeness (QED) is 0.528. The summed E-state index contributed by atoms with van der Waals surface area (Å²) in [6.07, 6.45) is -0.0764. The second-order valence-corrected chi connectivity index (χ2v) is 2.76. The Labute approximate surface area is 60.2 Å². The summed E-state index contributed by atoms with van der Waals surface area (Å²) in [6.45, 7) is 4.49. The summed E-state index contributed by atoms with van der Waals surface area (Å²) >= 11 is 0. The van der Waals surface area contributed by atoms with E-state index in [4.69, 9.17) is 15.4 Å². The zero-order chi connectivity index (χ0) is 7.61. The first-order valence-electron chi connectivity index (χ1n) is 3.24. The molecule has 4 nitrogen and oxygen atoms in total. The molecule has 0 unspecified atom stereocenters. The van der Waals surface area contributed by atoms with Crippen molar-refractivity contribution < 1.29 is 14.3 Å². The van der Waals surface area contributed by atoms with Gasteiger partial charge < -0.3 is 9.47 Å². The van der Waals surface area contributed by atoms with Crippen molar-refractivity contribution in [3.8, 4) is 0 Å². The number of ether oxygens (including phenoxy) is 2. The molecule has 0 bridgehead atoms. The van der Waals surface area contributed by atoms with Gasteiger partial charge in [-0.25, -0.2) is 0 Å². The lowest BCUT2D eigenvalue weighted by molar-refractivity contribution is -0.145. The molecule has 0 saturated carbocycles. The van der Waals surface area contributed by atoms with E-state index in [9.17, 15) is 0 Å². The molecular weight excluding hydrogens is 134 g/mol. The maximum atomic E-state index is 6.46. The molecule has 1 rings (SSSR count). The lowest BCUT2D eigenvalue weighted by atomic mass is 10.4.